The molecule has 1 heterocycles. The number of aliphatic hydroxyl groups excluding tert-OH is 1. The summed E-state index contributed by atoms with van der Waals surface area (Å²) in [5.74, 6) is 1.02. The third-order valence-electron chi connectivity index (χ3n) is 8.81. The maximum Gasteiger partial charge on any atom is 0.263 e. The molecule has 2 aliphatic carbocycles. The summed E-state index contributed by atoms with van der Waals surface area (Å²) in [5.41, 5.74) is 4.01. The van der Waals surface area contributed by atoms with E-state index in [0.29, 0.717) is 18.1 Å². The largest absolute Gasteiger partial charge is 0.490 e. The van der Waals surface area contributed by atoms with Crippen LogP contribution in [0.25, 0.3) is 0 Å². The number of amides is 1. The number of aliphatic hydroxyl groups is 1. The summed E-state index contributed by atoms with van der Waals surface area (Å²) < 4.78 is 21.5. The molecule has 2 N–H and O–H groups in total. The number of hydrogen-bond acceptors (Lipinski definition) is 5. The van der Waals surface area contributed by atoms with E-state index >= 15 is 0 Å². The molecule has 6 nitrogen and oxygen atoms in total. The van der Waals surface area contributed by atoms with Gasteiger partial charge in [0.1, 0.15) is 16.7 Å². The minimum Gasteiger partial charge on any atom is -0.490 e. The summed E-state index contributed by atoms with van der Waals surface area (Å²) in [6, 6.07) is 14.3. The van der Waals surface area contributed by atoms with Crippen molar-refractivity contribution in [2.75, 3.05) is 24.6 Å². The summed E-state index contributed by atoms with van der Waals surface area (Å²) in [6.07, 6.45) is 9.83. The van der Waals surface area contributed by atoms with Gasteiger partial charge < -0.3 is 14.7 Å². The Morgan fingerprint density at radius 1 is 1.26 bits per heavy atom. The zero-order valence-electron chi connectivity index (χ0n) is 23.4. The van der Waals surface area contributed by atoms with Gasteiger partial charge in [-0.2, -0.15) is 0 Å². The van der Waals surface area contributed by atoms with Crippen molar-refractivity contribution in [3.63, 3.8) is 0 Å². The molecule has 5 rings (SSSR count). The van der Waals surface area contributed by atoms with Crippen molar-refractivity contribution in [3.8, 4) is 5.75 Å². The molecular weight excluding hydrogens is 508 g/mol. The predicted octanol–water partition coefficient (Wildman–Crippen LogP) is 5.31. The number of anilines is 1. The molecule has 2 aromatic rings. The van der Waals surface area contributed by atoms with Crippen LogP contribution in [0.5, 0.6) is 5.75 Å². The first-order chi connectivity index (χ1) is 18.8. The first-order valence-corrected chi connectivity index (χ1v) is 15.7. The Hall–Kier alpha value is -2.64. The van der Waals surface area contributed by atoms with Gasteiger partial charge in [0.2, 0.25) is 0 Å². The summed E-state index contributed by atoms with van der Waals surface area (Å²) in [4.78, 5) is 15.4. The van der Waals surface area contributed by atoms with Crippen molar-refractivity contribution in [2.45, 2.75) is 76.1 Å². The van der Waals surface area contributed by atoms with E-state index < -0.39 is 17.1 Å². The fraction of sp³-hybridized carbons (Fsp3) is 0.531. The highest BCUT2D eigenvalue weighted by atomic mass is 32.2. The highest BCUT2D eigenvalue weighted by Crippen LogP contribution is 2.46. The van der Waals surface area contributed by atoms with Crippen molar-refractivity contribution >= 4 is 22.6 Å². The number of nitrogens with one attached hydrogen (secondary N) is 1. The molecule has 0 radical (unpaired) electrons. The van der Waals surface area contributed by atoms with Crippen molar-refractivity contribution in [3.05, 3.63) is 71.3 Å². The van der Waals surface area contributed by atoms with Gasteiger partial charge in [-0.25, -0.2) is 4.21 Å². The zero-order chi connectivity index (χ0) is 27.6. The molecule has 7 heteroatoms. The van der Waals surface area contributed by atoms with Gasteiger partial charge in [-0.15, -0.1) is 0 Å². The van der Waals surface area contributed by atoms with E-state index in [1.54, 1.807) is 6.07 Å². The Balaban J connectivity index is 1.49. The fourth-order valence-corrected chi connectivity index (χ4v) is 7.00. The van der Waals surface area contributed by atoms with E-state index in [1.807, 2.05) is 32.1 Å². The molecule has 1 saturated carbocycles. The highest BCUT2D eigenvalue weighted by Gasteiger charge is 2.44. The third-order valence-corrected chi connectivity index (χ3v) is 10.1. The zero-order valence-corrected chi connectivity index (χ0v) is 24.2. The van der Waals surface area contributed by atoms with Crippen LogP contribution in [0.4, 0.5) is 5.69 Å². The Morgan fingerprint density at radius 3 is 2.82 bits per heavy atom. The van der Waals surface area contributed by atoms with E-state index in [-0.39, 0.29) is 22.5 Å². The monoisotopic (exact) mass is 550 g/mol. The molecule has 4 unspecified atom stereocenters. The Kier molecular flexibility index (Phi) is 8.48. The number of benzene rings is 2. The van der Waals surface area contributed by atoms with Crippen molar-refractivity contribution in [1.82, 2.24) is 4.72 Å². The lowest BCUT2D eigenvalue weighted by molar-refractivity contribution is 0.0456. The summed E-state index contributed by atoms with van der Waals surface area (Å²) in [6.45, 7) is 7.91. The van der Waals surface area contributed by atoms with Crippen LogP contribution < -0.4 is 14.4 Å². The molecule has 2 aromatic carbocycles. The molecule has 1 spiro atoms. The lowest BCUT2D eigenvalue weighted by Gasteiger charge is -2.45. The van der Waals surface area contributed by atoms with Gasteiger partial charge in [-0.3, -0.25) is 9.52 Å². The van der Waals surface area contributed by atoms with Crippen LogP contribution in [-0.2, 0) is 22.8 Å². The standard InChI is InChI=1S/C32H42N2O4S/c1-4-5-12-29(35)26-15-13-25(26)19-34-20-32(17-8-10-23-9-6-7-11-27(23)32)21-38-30-16-14-24(18-28(30)34)31(36)33-39(37)22(2)3/h5-7,9,11-12,14,16,18,22,25-26,29,35H,4,8,10,13,15,17,19-21H2,1-3H3,(H,33,36)/b12-5+/t25?,26?,29?,32-,39?/m0/s1. The number of ether oxygens (including phenoxy) is 1. The number of hydrogen-bond donors (Lipinski definition) is 2. The van der Waals surface area contributed by atoms with Gasteiger partial charge in [0.15, 0.2) is 0 Å². The second-order valence-electron chi connectivity index (χ2n) is 11.7. The minimum absolute atomic E-state index is 0.143. The van der Waals surface area contributed by atoms with Gasteiger partial charge in [-0.1, -0.05) is 43.3 Å². The van der Waals surface area contributed by atoms with Crippen LogP contribution in [0, 0.1) is 11.8 Å². The number of carbonyl (C=O) groups excluding carboxylic acids is 1. The second kappa shape index (κ2) is 11.8. The quantitative estimate of drug-likeness (QED) is 0.435. The molecule has 0 bridgehead atoms. The van der Waals surface area contributed by atoms with E-state index in [1.165, 1.54) is 11.1 Å². The lowest BCUT2D eigenvalue weighted by Crippen LogP contribution is -2.49. The normalized spacial score (nSPS) is 25.8. The van der Waals surface area contributed by atoms with Crippen molar-refractivity contribution in [2.24, 2.45) is 11.8 Å². The molecule has 39 heavy (non-hydrogen) atoms. The number of carbonyl (C=O) groups is 1. The second-order valence-corrected chi connectivity index (χ2v) is 13.5. The number of rotatable bonds is 8. The Morgan fingerprint density at radius 2 is 2.08 bits per heavy atom. The average molecular weight is 551 g/mol. The molecule has 0 saturated heterocycles. The van der Waals surface area contributed by atoms with Crippen LogP contribution in [0.2, 0.25) is 0 Å². The van der Waals surface area contributed by atoms with Gasteiger partial charge in [0.05, 0.1) is 18.4 Å². The fourth-order valence-electron chi connectivity index (χ4n) is 6.47. The Bertz CT molecular complexity index is 1240. The first kappa shape index (κ1) is 27.9. The molecule has 1 aliphatic heterocycles. The topological polar surface area (TPSA) is 78.9 Å². The van der Waals surface area contributed by atoms with Gasteiger partial charge in [0.25, 0.3) is 5.91 Å². The van der Waals surface area contributed by atoms with E-state index in [0.717, 1.165) is 63.1 Å². The van der Waals surface area contributed by atoms with Gasteiger partial charge in [0, 0.05) is 29.3 Å². The lowest BCUT2D eigenvalue weighted by atomic mass is 9.68. The smallest absolute Gasteiger partial charge is 0.263 e. The van der Waals surface area contributed by atoms with Crippen molar-refractivity contribution < 1.29 is 18.8 Å². The maximum atomic E-state index is 13.0. The highest BCUT2D eigenvalue weighted by molar-refractivity contribution is 7.84. The van der Waals surface area contributed by atoms with Crippen molar-refractivity contribution in [1.29, 1.82) is 0 Å². The molecule has 3 aliphatic rings. The van der Waals surface area contributed by atoms with Crippen LogP contribution >= 0.6 is 0 Å². The molecule has 210 valence electrons. The number of aryl methyl sites for hydroxylation is 1. The van der Waals surface area contributed by atoms with Gasteiger partial charge >= 0.3 is 0 Å². The molecule has 1 amide bonds. The first-order valence-electron chi connectivity index (χ1n) is 14.5. The van der Waals surface area contributed by atoms with Gasteiger partial charge in [-0.05, 0) is 93.5 Å². The molecule has 0 aromatic heterocycles. The molecule has 5 atom stereocenters. The summed E-state index contributed by atoms with van der Waals surface area (Å²) in [5, 5.41) is 10.7. The van der Waals surface area contributed by atoms with Crippen LogP contribution in [0.1, 0.15) is 74.4 Å². The predicted molar refractivity (Wildman–Crippen MR) is 158 cm³/mol. The Labute approximate surface area is 235 Å². The number of fused-ring (bicyclic) bond motifs is 3. The van der Waals surface area contributed by atoms with Crippen LogP contribution in [0.15, 0.2) is 54.6 Å². The SMILES string of the molecule is CC/C=C/C(O)C1CCC1CN1C[C@@]2(CCCc3ccccc32)COc2ccc(C(=O)NS(=O)C(C)C)cc21. The number of nitrogens with zero attached hydrogens (tertiary/aromatic N) is 1. The van der Waals surface area contributed by atoms with Crippen LogP contribution in [0.3, 0.4) is 0 Å². The summed E-state index contributed by atoms with van der Waals surface area (Å²) in [7, 11) is -1.44. The third kappa shape index (κ3) is 5.80. The van der Waals surface area contributed by atoms with E-state index in [4.69, 9.17) is 4.74 Å². The van der Waals surface area contributed by atoms with E-state index in [2.05, 4.69) is 46.9 Å². The molecular formula is C32H42N2O4S. The minimum atomic E-state index is -1.44. The maximum absolute atomic E-state index is 13.0. The molecule has 1 fully saturated rings. The van der Waals surface area contributed by atoms with Crippen LogP contribution in [-0.4, -0.2) is 46.3 Å². The number of allylic oxidation sites excluding steroid dienone is 1. The van der Waals surface area contributed by atoms with E-state index in [9.17, 15) is 14.1 Å². The average Bonchev–Trinajstić information content (AvgIpc) is 3.07. The summed E-state index contributed by atoms with van der Waals surface area (Å²) >= 11 is 0.